The van der Waals surface area contributed by atoms with Gasteiger partial charge in [0, 0.05) is 24.3 Å². The molecular formula is C23H26N2O4. The van der Waals surface area contributed by atoms with Gasteiger partial charge in [0.25, 0.3) is 5.91 Å². The Morgan fingerprint density at radius 1 is 1.14 bits per heavy atom. The topological polar surface area (TPSA) is 75.7 Å². The minimum Gasteiger partial charge on any atom is -0.455 e. The van der Waals surface area contributed by atoms with Gasteiger partial charge in [-0.15, -0.1) is 0 Å². The Morgan fingerprint density at radius 3 is 2.55 bits per heavy atom. The molecule has 1 atom stereocenters. The summed E-state index contributed by atoms with van der Waals surface area (Å²) in [6, 6.07) is 13.4. The molecule has 3 rings (SSSR count). The highest BCUT2D eigenvalue weighted by atomic mass is 16.5. The molecule has 29 heavy (non-hydrogen) atoms. The van der Waals surface area contributed by atoms with Crippen molar-refractivity contribution in [1.29, 1.82) is 0 Å². The second-order valence-electron chi connectivity index (χ2n) is 7.33. The zero-order valence-electron chi connectivity index (χ0n) is 17.0. The van der Waals surface area contributed by atoms with Crippen molar-refractivity contribution >= 4 is 29.2 Å². The molecule has 1 fully saturated rings. The minimum atomic E-state index is -0.568. The van der Waals surface area contributed by atoms with Crippen LogP contribution in [0, 0.1) is 19.8 Å². The fourth-order valence-corrected chi connectivity index (χ4v) is 3.35. The maximum absolute atomic E-state index is 12.4. The van der Waals surface area contributed by atoms with E-state index in [-0.39, 0.29) is 25.5 Å². The standard InChI is InChI=1S/C23H26N2O4/c1-4-17-8-10-19(11-9-17)25-13-18(12-22(25)27)23(28)29-14-21(26)24-20-7-5-6-15(2)16(20)3/h5-11,18H,4,12-14H2,1-3H3,(H,24,26)/t18-/m1/s1. The fourth-order valence-electron chi connectivity index (χ4n) is 3.35. The maximum Gasteiger partial charge on any atom is 0.311 e. The first-order valence-electron chi connectivity index (χ1n) is 9.81. The van der Waals surface area contributed by atoms with Crippen LogP contribution in [0.1, 0.15) is 30.0 Å². The third-order valence-electron chi connectivity index (χ3n) is 5.34. The molecule has 0 saturated carbocycles. The van der Waals surface area contributed by atoms with Crippen LogP contribution in [0.2, 0.25) is 0 Å². The average molecular weight is 394 g/mol. The number of hydrogen-bond acceptors (Lipinski definition) is 4. The number of nitrogens with zero attached hydrogens (tertiary/aromatic N) is 1. The van der Waals surface area contributed by atoms with Gasteiger partial charge in [-0.1, -0.05) is 31.2 Å². The molecule has 0 unspecified atom stereocenters. The van der Waals surface area contributed by atoms with Gasteiger partial charge in [0.1, 0.15) is 0 Å². The van der Waals surface area contributed by atoms with Crippen molar-refractivity contribution in [2.24, 2.45) is 5.92 Å². The van der Waals surface area contributed by atoms with Gasteiger partial charge < -0.3 is 15.0 Å². The summed E-state index contributed by atoms with van der Waals surface area (Å²) < 4.78 is 5.17. The lowest BCUT2D eigenvalue weighted by molar-refractivity contribution is -0.151. The molecule has 2 aromatic rings. The summed E-state index contributed by atoms with van der Waals surface area (Å²) in [6.07, 6.45) is 1.01. The number of rotatable bonds is 6. The van der Waals surface area contributed by atoms with Crippen molar-refractivity contribution in [3.63, 3.8) is 0 Å². The summed E-state index contributed by atoms with van der Waals surface area (Å²) in [5.41, 5.74) is 4.69. The number of carbonyl (C=O) groups is 3. The lowest BCUT2D eigenvalue weighted by atomic mass is 10.1. The summed E-state index contributed by atoms with van der Waals surface area (Å²) in [7, 11) is 0. The number of aryl methyl sites for hydroxylation is 2. The van der Waals surface area contributed by atoms with E-state index in [0.29, 0.717) is 5.69 Å². The number of carbonyl (C=O) groups excluding carboxylic acids is 3. The zero-order valence-corrected chi connectivity index (χ0v) is 17.0. The molecule has 152 valence electrons. The van der Waals surface area contributed by atoms with Crippen LogP contribution in [0.25, 0.3) is 0 Å². The van der Waals surface area contributed by atoms with E-state index in [1.54, 1.807) is 11.0 Å². The summed E-state index contributed by atoms with van der Waals surface area (Å²) in [5, 5.41) is 2.76. The number of amides is 2. The van der Waals surface area contributed by atoms with Gasteiger partial charge in [-0.25, -0.2) is 0 Å². The second kappa shape index (κ2) is 8.90. The molecule has 0 bridgehead atoms. The third kappa shape index (κ3) is 4.83. The molecule has 6 nitrogen and oxygen atoms in total. The third-order valence-corrected chi connectivity index (χ3v) is 5.34. The van der Waals surface area contributed by atoms with E-state index in [0.717, 1.165) is 23.2 Å². The highest BCUT2D eigenvalue weighted by molar-refractivity contribution is 6.00. The van der Waals surface area contributed by atoms with Crippen molar-refractivity contribution in [3.8, 4) is 0 Å². The number of esters is 1. The van der Waals surface area contributed by atoms with E-state index < -0.39 is 17.8 Å². The van der Waals surface area contributed by atoms with Crippen molar-refractivity contribution in [2.45, 2.75) is 33.6 Å². The van der Waals surface area contributed by atoms with Crippen LogP contribution in [0.4, 0.5) is 11.4 Å². The smallest absolute Gasteiger partial charge is 0.311 e. The predicted octanol–water partition coefficient (Wildman–Crippen LogP) is 3.40. The quantitative estimate of drug-likeness (QED) is 0.762. The Balaban J connectivity index is 1.53. The van der Waals surface area contributed by atoms with Gasteiger partial charge >= 0.3 is 5.97 Å². The number of ether oxygens (including phenoxy) is 1. The molecule has 0 aromatic heterocycles. The summed E-state index contributed by atoms with van der Waals surface area (Å²) in [4.78, 5) is 38.4. The van der Waals surface area contributed by atoms with Crippen LogP contribution < -0.4 is 10.2 Å². The molecule has 1 heterocycles. The van der Waals surface area contributed by atoms with Crippen molar-refractivity contribution in [3.05, 3.63) is 59.2 Å². The summed E-state index contributed by atoms with van der Waals surface area (Å²) in [5.74, 6) is -1.61. The van der Waals surface area contributed by atoms with Crippen molar-refractivity contribution < 1.29 is 19.1 Å². The van der Waals surface area contributed by atoms with Crippen LogP contribution in [-0.4, -0.2) is 30.9 Å². The second-order valence-corrected chi connectivity index (χ2v) is 7.33. The van der Waals surface area contributed by atoms with Crippen molar-refractivity contribution in [2.75, 3.05) is 23.4 Å². The molecular weight excluding hydrogens is 368 g/mol. The molecule has 0 aliphatic carbocycles. The maximum atomic E-state index is 12.4. The SMILES string of the molecule is CCc1ccc(N2C[C@H](C(=O)OCC(=O)Nc3cccc(C)c3C)CC2=O)cc1. The molecule has 2 aromatic carbocycles. The number of nitrogens with one attached hydrogen (secondary N) is 1. The molecule has 1 aliphatic heterocycles. The van der Waals surface area contributed by atoms with Crippen LogP contribution in [-0.2, 0) is 25.5 Å². The normalized spacial score (nSPS) is 16.0. The average Bonchev–Trinajstić information content (AvgIpc) is 3.11. The van der Waals surface area contributed by atoms with Gasteiger partial charge in [0.2, 0.25) is 5.91 Å². The van der Waals surface area contributed by atoms with Crippen LogP contribution in [0.5, 0.6) is 0 Å². The Morgan fingerprint density at radius 2 is 1.86 bits per heavy atom. The van der Waals surface area contributed by atoms with Crippen molar-refractivity contribution in [1.82, 2.24) is 0 Å². The van der Waals surface area contributed by atoms with E-state index in [4.69, 9.17) is 4.74 Å². The summed E-state index contributed by atoms with van der Waals surface area (Å²) >= 11 is 0. The monoisotopic (exact) mass is 394 g/mol. The van der Waals surface area contributed by atoms with Crippen LogP contribution >= 0.6 is 0 Å². The number of anilines is 2. The van der Waals surface area contributed by atoms with Crippen LogP contribution in [0.3, 0.4) is 0 Å². The fraction of sp³-hybridized carbons (Fsp3) is 0.348. The Kier molecular flexibility index (Phi) is 6.32. The van der Waals surface area contributed by atoms with E-state index >= 15 is 0 Å². The van der Waals surface area contributed by atoms with E-state index in [2.05, 4.69) is 12.2 Å². The minimum absolute atomic E-state index is 0.0902. The highest BCUT2D eigenvalue weighted by Gasteiger charge is 2.36. The first kappa shape index (κ1) is 20.6. The molecule has 1 aliphatic rings. The number of hydrogen-bond donors (Lipinski definition) is 1. The van der Waals surface area contributed by atoms with Gasteiger partial charge in [-0.3, -0.25) is 14.4 Å². The molecule has 1 N–H and O–H groups in total. The predicted molar refractivity (Wildman–Crippen MR) is 112 cm³/mol. The van der Waals surface area contributed by atoms with E-state index in [1.807, 2.05) is 50.2 Å². The largest absolute Gasteiger partial charge is 0.455 e. The van der Waals surface area contributed by atoms with Gasteiger partial charge in [0.05, 0.1) is 5.92 Å². The summed E-state index contributed by atoms with van der Waals surface area (Å²) in [6.45, 7) is 5.84. The van der Waals surface area contributed by atoms with E-state index in [9.17, 15) is 14.4 Å². The first-order valence-corrected chi connectivity index (χ1v) is 9.81. The van der Waals surface area contributed by atoms with E-state index in [1.165, 1.54) is 5.56 Å². The highest BCUT2D eigenvalue weighted by Crippen LogP contribution is 2.26. The molecule has 2 amide bonds. The number of benzene rings is 2. The Labute approximate surface area is 170 Å². The van der Waals surface area contributed by atoms with Gasteiger partial charge in [-0.05, 0) is 55.2 Å². The Bertz CT molecular complexity index is 921. The lowest BCUT2D eigenvalue weighted by Crippen LogP contribution is -2.28. The van der Waals surface area contributed by atoms with Gasteiger partial charge in [0.15, 0.2) is 6.61 Å². The zero-order chi connectivity index (χ0) is 21.0. The van der Waals surface area contributed by atoms with Crippen LogP contribution in [0.15, 0.2) is 42.5 Å². The lowest BCUT2D eigenvalue weighted by Gasteiger charge is -2.17. The Hall–Kier alpha value is -3.15. The molecule has 0 spiro atoms. The molecule has 0 radical (unpaired) electrons. The molecule has 6 heteroatoms. The molecule has 1 saturated heterocycles. The first-order chi connectivity index (χ1) is 13.9. The van der Waals surface area contributed by atoms with Gasteiger partial charge in [-0.2, -0.15) is 0 Å².